The fourth-order valence-corrected chi connectivity index (χ4v) is 3.02. The molecule has 0 N–H and O–H groups in total. The fourth-order valence-electron chi connectivity index (χ4n) is 2.83. The molecule has 0 aliphatic carbocycles. The highest BCUT2D eigenvalue weighted by Crippen LogP contribution is 2.30. The molecular weight excluding hydrogens is 356 g/mol. The van der Waals surface area contributed by atoms with E-state index in [0.717, 1.165) is 11.3 Å². The van der Waals surface area contributed by atoms with E-state index in [1.807, 2.05) is 0 Å². The molecule has 0 unspecified atom stereocenters. The van der Waals surface area contributed by atoms with Crippen molar-refractivity contribution in [3.63, 3.8) is 0 Å². The number of hydrogen-bond donors (Lipinski definition) is 0. The third kappa shape index (κ3) is 3.99. The fraction of sp³-hybridized carbons (Fsp3) is 0.300. The first-order valence-electron chi connectivity index (χ1n) is 8.28. The van der Waals surface area contributed by atoms with Gasteiger partial charge < -0.3 is 14.2 Å². The van der Waals surface area contributed by atoms with E-state index in [1.54, 1.807) is 56.5 Å². The van der Waals surface area contributed by atoms with E-state index in [9.17, 15) is 9.59 Å². The highest BCUT2D eigenvalue weighted by molar-refractivity contribution is 6.30. The molecule has 5 nitrogen and oxygen atoms in total. The van der Waals surface area contributed by atoms with Crippen LogP contribution in [0.3, 0.4) is 0 Å². The largest absolute Gasteiger partial charge is 0.497 e. The predicted molar refractivity (Wildman–Crippen MR) is 97.0 cm³/mol. The van der Waals surface area contributed by atoms with Crippen molar-refractivity contribution in [2.24, 2.45) is 5.92 Å². The van der Waals surface area contributed by atoms with Crippen LogP contribution in [0.4, 0.5) is 0 Å². The van der Waals surface area contributed by atoms with Gasteiger partial charge in [0.25, 0.3) is 0 Å². The van der Waals surface area contributed by atoms with Gasteiger partial charge in [-0.15, -0.1) is 0 Å². The number of esters is 1. The summed E-state index contributed by atoms with van der Waals surface area (Å²) in [4.78, 5) is 24.9. The summed E-state index contributed by atoms with van der Waals surface area (Å²) >= 11 is 5.99. The van der Waals surface area contributed by atoms with Gasteiger partial charge in [0, 0.05) is 10.6 Å². The van der Waals surface area contributed by atoms with Crippen LogP contribution >= 0.6 is 11.6 Å². The maximum absolute atomic E-state index is 12.4. The Hall–Kier alpha value is -2.53. The lowest BCUT2D eigenvalue weighted by Gasteiger charge is -2.25. The van der Waals surface area contributed by atoms with E-state index in [2.05, 4.69) is 0 Å². The van der Waals surface area contributed by atoms with Crippen molar-refractivity contribution < 1.29 is 23.8 Å². The molecule has 2 aromatic carbocycles. The Kier molecular flexibility index (Phi) is 5.47. The highest BCUT2D eigenvalue weighted by Gasteiger charge is 2.30. The van der Waals surface area contributed by atoms with E-state index < -0.39 is 18.0 Å². The van der Waals surface area contributed by atoms with Crippen molar-refractivity contribution in [2.75, 3.05) is 13.7 Å². The van der Waals surface area contributed by atoms with Gasteiger partial charge in [0.2, 0.25) is 5.78 Å². The maximum atomic E-state index is 12.4. The summed E-state index contributed by atoms with van der Waals surface area (Å²) in [5.41, 5.74) is 1.32. The van der Waals surface area contributed by atoms with Crippen LogP contribution in [0.1, 0.15) is 22.8 Å². The Morgan fingerprint density at radius 1 is 1.19 bits per heavy atom. The van der Waals surface area contributed by atoms with Crippen LogP contribution in [-0.4, -0.2) is 31.6 Å². The standard InChI is InChI=1S/C20H19ClO5/c1-12(19(22)13-3-6-17(24-2)7-4-13)26-20(23)15-9-14-10-16(21)5-8-18(14)25-11-15/h3-8,10,12,15H,9,11H2,1-2H3/t12-,15+/m0/s1. The zero-order valence-electron chi connectivity index (χ0n) is 14.5. The molecule has 0 bridgehead atoms. The van der Waals surface area contributed by atoms with Gasteiger partial charge >= 0.3 is 5.97 Å². The maximum Gasteiger partial charge on any atom is 0.313 e. The minimum Gasteiger partial charge on any atom is -0.497 e. The molecule has 0 amide bonds. The molecule has 0 radical (unpaired) electrons. The zero-order valence-corrected chi connectivity index (χ0v) is 15.3. The van der Waals surface area contributed by atoms with Crippen molar-refractivity contribution in [1.29, 1.82) is 0 Å². The average Bonchev–Trinajstić information content (AvgIpc) is 2.66. The number of methoxy groups -OCH3 is 1. The highest BCUT2D eigenvalue weighted by atomic mass is 35.5. The van der Waals surface area contributed by atoms with Crippen molar-refractivity contribution in [3.05, 3.63) is 58.6 Å². The average molecular weight is 375 g/mol. The van der Waals surface area contributed by atoms with E-state index in [-0.39, 0.29) is 12.4 Å². The second kappa shape index (κ2) is 7.79. The molecule has 1 aliphatic heterocycles. The van der Waals surface area contributed by atoms with Gasteiger partial charge in [-0.2, -0.15) is 0 Å². The van der Waals surface area contributed by atoms with Crippen LogP contribution < -0.4 is 9.47 Å². The van der Waals surface area contributed by atoms with Gasteiger partial charge in [-0.3, -0.25) is 9.59 Å². The Morgan fingerprint density at radius 2 is 1.92 bits per heavy atom. The molecule has 6 heteroatoms. The molecule has 2 atom stereocenters. The molecule has 0 aromatic heterocycles. The van der Waals surface area contributed by atoms with Crippen LogP contribution in [0.5, 0.6) is 11.5 Å². The van der Waals surface area contributed by atoms with Crippen molar-refractivity contribution in [1.82, 2.24) is 0 Å². The SMILES string of the molecule is COc1ccc(C(=O)[C@H](C)OC(=O)[C@H]2COc3ccc(Cl)cc3C2)cc1. The van der Waals surface area contributed by atoms with E-state index in [1.165, 1.54) is 0 Å². The van der Waals surface area contributed by atoms with Gasteiger partial charge in [0.05, 0.1) is 13.0 Å². The molecule has 0 saturated carbocycles. The lowest BCUT2D eigenvalue weighted by molar-refractivity contribution is -0.152. The first-order valence-corrected chi connectivity index (χ1v) is 8.65. The Morgan fingerprint density at radius 3 is 2.62 bits per heavy atom. The first-order chi connectivity index (χ1) is 12.5. The summed E-state index contributed by atoms with van der Waals surface area (Å²) in [6, 6.07) is 12.0. The molecule has 0 fully saturated rings. The second-order valence-corrected chi connectivity index (χ2v) is 6.57. The number of carbonyl (C=O) groups is 2. The quantitative estimate of drug-likeness (QED) is 0.589. The number of carbonyl (C=O) groups excluding carboxylic acids is 2. The molecule has 1 aliphatic rings. The van der Waals surface area contributed by atoms with Gasteiger partial charge in [-0.05, 0) is 61.4 Å². The molecule has 2 aromatic rings. The van der Waals surface area contributed by atoms with Crippen LogP contribution in [0, 0.1) is 5.92 Å². The number of fused-ring (bicyclic) bond motifs is 1. The smallest absolute Gasteiger partial charge is 0.313 e. The molecule has 136 valence electrons. The molecule has 26 heavy (non-hydrogen) atoms. The monoisotopic (exact) mass is 374 g/mol. The number of benzene rings is 2. The second-order valence-electron chi connectivity index (χ2n) is 6.14. The van der Waals surface area contributed by atoms with Crippen molar-refractivity contribution in [3.8, 4) is 11.5 Å². The number of halogens is 1. The lowest BCUT2D eigenvalue weighted by atomic mass is 9.97. The summed E-state index contributed by atoms with van der Waals surface area (Å²) in [6.45, 7) is 1.79. The minimum atomic E-state index is -0.878. The number of rotatable bonds is 5. The summed E-state index contributed by atoms with van der Waals surface area (Å²) in [5, 5.41) is 0.587. The first kappa shape index (κ1) is 18.3. The van der Waals surface area contributed by atoms with E-state index in [4.69, 9.17) is 25.8 Å². The van der Waals surface area contributed by atoms with Crippen LogP contribution in [0.2, 0.25) is 5.02 Å². The summed E-state index contributed by atoms with van der Waals surface area (Å²) < 4.78 is 16.1. The lowest BCUT2D eigenvalue weighted by Crippen LogP contribution is -2.34. The Labute approximate surface area is 156 Å². The normalized spacial score (nSPS) is 16.8. The summed E-state index contributed by atoms with van der Waals surface area (Å²) in [5.74, 6) is 0.196. The summed E-state index contributed by atoms with van der Waals surface area (Å²) in [7, 11) is 1.55. The third-order valence-electron chi connectivity index (χ3n) is 4.30. The van der Waals surface area contributed by atoms with Crippen LogP contribution in [-0.2, 0) is 16.0 Å². The van der Waals surface area contributed by atoms with Gasteiger partial charge in [0.15, 0.2) is 6.10 Å². The Bertz CT molecular complexity index is 815. The number of ether oxygens (including phenoxy) is 3. The Balaban J connectivity index is 1.62. The molecule has 3 rings (SSSR count). The van der Waals surface area contributed by atoms with Gasteiger partial charge in [-0.1, -0.05) is 11.6 Å². The van der Waals surface area contributed by atoms with Gasteiger partial charge in [0.1, 0.15) is 18.1 Å². The van der Waals surface area contributed by atoms with Crippen LogP contribution in [0.25, 0.3) is 0 Å². The number of hydrogen-bond acceptors (Lipinski definition) is 5. The van der Waals surface area contributed by atoms with E-state index in [0.29, 0.717) is 22.8 Å². The molecule has 1 heterocycles. The molecule has 0 saturated heterocycles. The number of ketones is 1. The predicted octanol–water partition coefficient (Wildman–Crippen LogP) is 3.71. The topological polar surface area (TPSA) is 61.8 Å². The van der Waals surface area contributed by atoms with Crippen LogP contribution in [0.15, 0.2) is 42.5 Å². The minimum absolute atomic E-state index is 0.219. The molecule has 0 spiro atoms. The zero-order chi connectivity index (χ0) is 18.7. The van der Waals surface area contributed by atoms with Crippen molar-refractivity contribution in [2.45, 2.75) is 19.4 Å². The van der Waals surface area contributed by atoms with E-state index >= 15 is 0 Å². The van der Waals surface area contributed by atoms with Crippen molar-refractivity contribution >= 4 is 23.4 Å². The number of Topliss-reactive ketones (excluding diaryl/α,β-unsaturated/α-hetero) is 1. The summed E-state index contributed by atoms with van der Waals surface area (Å²) in [6.07, 6.45) is -0.408. The van der Waals surface area contributed by atoms with Gasteiger partial charge in [-0.25, -0.2) is 0 Å². The third-order valence-corrected chi connectivity index (χ3v) is 4.53. The molecular formula is C20H19ClO5.